The second-order valence-corrected chi connectivity index (χ2v) is 4.23. The van der Waals surface area contributed by atoms with Gasteiger partial charge < -0.3 is 10.1 Å². The van der Waals surface area contributed by atoms with Gasteiger partial charge in [0.1, 0.15) is 16.4 Å². The fourth-order valence-corrected chi connectivity index (χ4v) is 1.83. The maximum absolute atomic E-state index is 10.3. The first-order valence-electron chi connectivity index (χ1n) is 5.62. The zero-order valence-electron chi connectivity index (χ0n) is 10.3. The molecule has 2 rings (SSSR count). The van der Waals surface area contributed by atoms with Crippen molar-refractivity contribution in [2.45, 2.75) is 0 Å². The van der Waals surface area contributed by atoms with E-state index >= 15 is 0 Å². The molecule has 5 heteroatoms. The Morgan fingerprint density at radius 2 is 1.95 bits per heavy atom. The van der Waals surface area contributed by atoms with Crippen LogP contribution in [0.15, 0.2) is 53.7 Å². The van der Waals surface area contributed by atoms with Gasteiger partial charge in [-0.25, -0.2) is 0 Å². The molecular weight excluding hydrogens is 260 g/mol. The first-order chi connectivity index (χ1) is 9.22. The third-order valence-electron chi connectivity index (χ3n) is 2.56. The molecule has 4 nitrogen and oxygen atoms in total. The smallest absolute Gasteiger partial charge is 0.120 e. The largest absolute Gasteiger partial charge is 0.497 e. The van der Waals surface area contributed by atoms with E-state index in [1.165, 1.54) is 0 Å². The number of rotatable bonds is 4. The van der Waals surface area contributed by atoms with Gasteiger partial charge in [0.05, 0.1) is 7.11 Å². The third kappa shape index (κ3) is 3.35. The van der Waals surface area contributed by atoms with Crippen LogP contribution in [0.5, 0.6) is 5.75 Å². The van der Waals surface area contributed by atoms with Gasteiger partial charge in [0.15, 0.2) is 0 Å². The lowest BCUT2D eigenvalue weighted by molar-refractivity contribution is 0.415. The summed E-state index contributed by atoms with van der Waals surface area (Å²) in [6.07, 6.45) is 0. The highest BCUT2D eigenvalue weighted by atomic mass is 32.1. The maximum Gasteiger partial charge on any atom is 0.120 e. The molecule has 1 N–H and O–H groups in total. The highest BCUT2D eigenvalue weighted by Gasteiger charge is 2.03. The van der Waals surface area contributed by atoms with Crippen molar-refractivity contribution < 1.29 is 4.74 Å². The third-order valence-corrected chi connectivity index (χ3v) is 2.90. The minimum Gasteiger partial charge on any atom is -0.497 e. The van der Waals surface area contributed by atoms with Gasteiger partial charge in [-0.15, -0.1) is 4.91 Å². The number of ether oxygens (including phenoxy) is 1. The summed E-state index contributed by atoms with van der Waals surface area (Å²) in [4.78, 5) is 10.9. The van der Waals surface area contributed by atoms with Gasteiger partial charge in [-0.2, -0.15) is 0 Å². The molecule has 0 aliphatic heterocycles. The van der Waals surface area contributed by atoms with Crippen molar-refractivity contribution in [1.82, 2.24) is 0 Å². The second kappa shape index (κ2) is 6.06. The maximum atomic E-state index is 10.3. The fraction of sp³-hybridized carbons (Fsp3) is 0.0714. The molecule has 0 saturated carbocycles. The number of anilines is 1. The molecule has 19 heavy (non-hydrogen) atoms. The van der Waals surface area contributed by atoms with E-state index in [0.29, 0.717) is 10.7 Å². The van der Waals surface area contributed by atoms with Crippen LogP contribution in [0.25, 0.3) is 0 Å². The number of nitrogens with one attached hydrogen (secondary N) is 1. The fourth-order valence-electron chi connectivity index (χ4n) is 1.58. The van der Waals surface area contributed by atoms with E-state index in [2.05, 4.69) is 10.5 Å². The Labute approximate surface area is 116 Å². The van der Waals surface area contributed by atoms with Gasteiger partial charge in [-0.1, -0.05) is 18.3 Å². The van der Waals surface area contributed by atoms with Crippen LogP contribution in [0.3, 0.4) is 0 Å². The van der Waals surface area contributed by atoms with Gasteiger partial charge in [-0.05, 0) is 41.6 Å². The quantitative estimate of drug-likeness (QED) is 0.678. The summed E-state index contributed by atoms with van der Waals surface area (Å²) in [7, 11) is 1.61. The topological polar surface area (TPSA) is 50.7 Å². The van der Waals surface area contributed by atoms with Crippen LogP contribution in [0, 0.1) is 4.91 Å². The number of hydrogen-bond acceptors (Lipinski definition) is 4. The van der Waals surface area contributed by atoms with E-state index < -0.39 is 0 Å². The number of hydrogen-bond donors (Lipinski definition) is 1. The van der Waals surface area contributed by atoms with E-state index in [1.807, 2.05) is 24.3 Å². The van der Waals surface area contributed by atoms with Gasteiger partial charge >= 0.3 is 0 Å². The zero-order chi connectivity index (χ0) is 13.7. The molecule has 0 radical (unpaired) electrons. The Bertz CT molecular complexity index is 597. The number of methoxy groups -OCH3 is 1. The molecule has 0 spiro atoms. The standard InChI is InChI=1S/C14H12N2O2S/c1-18-13-4-2-3-12(9-13)15-14(19)10-5-7-11(16-17)8-6-10/h2-9H,1H3,(H,15,19). The molecule has 0 bridgehead atoms. The van der Waals surface area contributed by atoms with E-state index in [9.17, 15) is 4.91 Å². The average molecular weight is 272 g/mol. The van der Waals surface area contributed by atoms with Crippen LogP contribution < -0.4 is 10.1 Å². The van der Waals surface area contributed by atoms with Crippen LogP contribution >= 0.6 is 12.2 Å². The molecule has 0 saturated heterocycles. The monoisotopic (exact) mass is 272 g/mol. The highest BCUT2D eigenvalue weighted by molar-refractivity contribution is 7.81. The van der Waals surface area contributed by atoms with Gasteiger partial charge in [0, 0.05) is 17.3 Å². The van der Waals surface area contributed by atoms with E-state index in [0.717, 1.165) is 17.0 Å². The molecule has 0 heterocycles. The number of nitroso groups, excluding NO2 is 1. The molecule has 0 aliphatic rings. The van der Waals surface area contributed by atoms with E-state index in [1.54, 1.807) is 31.4 Å². The molecule has 96 valence electrons. The summed E-state index contributed by atoms with van der Waals surface area (Å²) >= 11 is 5.30. The molecular formula is C14H12N2O2S. The Kier molecular flexibility index (Phi) is 4.20. The molecule has 0 aromatic heterocycles. The van der Waals surface area contributed by atoms with Crippen LogP contribution in [0.1, 0.15) is 5.56 Å². The van der Waals surface area contributed by atoms with Crippen molar-refractivity contribution in [2.75, 3.05) is 12.4 Å². The molecule has 2 aromatic rings. The van der Waals surface area contributed by atoms with Crippen molar-refractivity contribution in [3.05, 3.63) is 59.0 Å². The SMILES string of the molecule is COc1cccc(NC(=S)c2ccc(N=O)cc2)c1. The van der Waals surface area contributed by atoms with Crippen molar-refractivity contribution >= 4 is 28.6 Å². The minimum atomic E-state index is 0.382. The van der Waals surface area contributed by atoms with Crippen LogP contribution in [0.2, 0.25) is 0 Å². The predicted octanol–water partition coefficient (Wildman–Crippen LogP) is 3.88. The lowest BCUT2D eigenvalue weighted by atomic mass is 10.2. The summed E-state index contributed by atoms with van der Waals surface area (Å²) in [5.74, 6) is 0.758. The van der Waals surface area contributed by atoms with Gasteiger partial charge in [-0.3, -0.25) is 0 Å². The van der Waals surface area contributed by atoms with Gasteiger partial charge in [0.25, 0.3) is 0 Å². The van der Waals surface area contributed by atoms with Crippen molar-refractivity contribution in [2.24, 2.45) is 5.18 Å². The number of benzene rings is 2. The summed E-state index contributed by atoms with van der Waals surface area (Å²) < 4.78 is 5.14. The first kappa shape index (κ1) is 13.2. The van der Waals surface area contributed by atoms with Crippen molar-refractivity contribution in [1.29, 1.82) is 0 Å². The Morgan fingerprint density at radius 1 is 1.21 bits per heavy atom. The lowest BCUT2D eigenvalue weighted by Crippen LogP contribution is -2.10. The van der Waals surface area contributed by atoms with Crippen molar-refractivity contribution in [3.8, 4) is 5.75 Å². The zero-order valence-corrected chi connectivity index (χ0v) is 11.1. The van der Waals surface area contributed by atoms with Crippen LogP contribution in [-0.4, -0.2) is 12.1 Å². The van der Waals surface area contributed by atoms with E-state index in [-0.39, 0.29) is 0 Å². The molecule has 0 amide bonds. The van der Waals surface area contributed by atoms with E-state index in [4.69, 9.17) is 17.0 Å². The van der Waals surface area contributed by atoms with Crippen molar-refractivity contribution in [3.63, 3.8) is 0 Å². The highest BCUT2D eigenvalue weighted by Crippen LogP contribution is 2.19. The molecule has 0 unspecified atom stereocenters. The normalized spacial score (nSPS) is 9.74. The molecule has 2 aromatic carbocycles. The molecule has 0 aliphatic carbocycles. The predicted molar refractivity (Wildman–Crippen MR) is 80.2 cm³/mol. The summed E-state index contributed by atoms with van der Waals surface area (Å²) in [6, 6.07) is 14.3. The Hall–Kier alpha value is -2.27. The number of nitrogens with zero attached hydrogens (tertiary/aromatic N) is 1. The summed E-state index contributed by atoms with van der Waals surface area (Å²) in [5.41, 5.74) is 2.06. The first-order valence-corrected chi connectivity index (χ1v) is 6.02. The summed E-state index contributed by atoms with van der Waals surface area (Å²) in [5, 5.41) is 5.96. The van der Waals surface area contributed by atoms with Crippen LogP contribution in [-0.2, 0) is 0 Å². The second-order valence-electron chi connectivity index (χ2n) is 3.82. The van der Waals surface area contributed by atoms with Crippen LogP contribution in [0.4, 0.5) is 11.4 Å². The lowest BCUT2D eigenvalue weighted by Gasteiger charge is -2.09. The van der Waals surface area contributed by atoms with Gasteiger partial charge in [0.2, 0.25) is 0 Å². The Morgan fingerprint density at radius 3 is 2.58 bits per heavy atom. The average Bonchev–Trinajstić information content (AvgIpc) is 2.47. The Balaban J connectivity index is 2.13. The molecule has 0 atom stereocenters. The molecule has 0 fully saturated rings. The summed E-state index contributed by atoms with van der Waals surface area (Å²) in [6.45, 7) is 0. The number of thiocarbonyl (C=S) groups is 1. The minimum absolute atomic E-state index is 0.382.